The van der Waals surface area contributed by atoms with Crippen LogP contribution in [0.1, 0.15) is 40.0 Å². The van der Waals surface area contributed by atoms with E-state index in [0.29, 0.717) is 18.1 Å². The summed E-state index contributed by atoms with van der Waals surface area (Å²) in [5, 5.41) is 0. The highest BCUT2D eigenvalue weighted by Crippen LogP contribution is 2.62. The second kappa shape index (κ2) is 4.16. The van der Waals surface area contributed by atoms with Crippen LogP contribution in [0, 0.1) is 23.2 Å². The van der Waals surface area contributed by atoms with Crippen LogP contribution >= 0.6 is 0 Å². The maximum absolute atomic E-state index is 12.5. The predicted molar refractivity (Wildman–Crippen MR) is 72.5 cm³/mol. The van der Waals surface area contributed by atoms with Crippen molar-refractivity contribution >= 4 is 5.78 Å². The van der Waals surface area contributed by atoms with Gasteiger partial charge in [-0.2, -0.15) is 0 Å². The molecule has 3 aliphatic rings. The van der Waals surface area contributed by atoms with Gasteiger partial charge in [0.05, 0.1) is 5.60 Å². The summed E-state index contributed by atoms with van der Waals surface area (Å²) in [5.74, 6) is 1.05. The van der Waals surface area contributed by atoms with Gasteiger partial charge in [-0.1, -0.05) is 32.9 Å². The summed E-state index contributed by atoms with van der Waals surface area (Å²) in [6.07, 6.45) is 6.64. The van der Waals surface area contributed by atoms with E-state index in [4.69, 9.17) is 9.47 Å². The van der Waals surface area contributed by atoms with E-state index in [1.54, 1.807) is 7.11 Å². The van der Waals surface area contributed by atoms with E-state index in [1.807, 2.05) is 0 Å². The van der Waals surface area contributed by atoms with Gasteiger partial charge in [-0.25, -0.2) is 0 Å². The van der Waals surface area contributed by atoms with Gasteiger partial charge in [0.1, 0.15) is 5.78 Å². The molecule has 106 valence electrons. The first-order chi connectivity index (χ1) is 8.96. The Morgan fingerprint density at radius 2 is 2.16 bits per heavy atom. The van der Waals surface area contributed by atoms with E-state index < -0.39 is 0 Å². The quantitative estimate of drug-likeness (QED) is 0.683. The largest absolute Gasteiger partial charge is 0.356 e. The van der Waals surface area contributed by atoms with E-state index >= 15 is 0 Å². The van der Waals surface area contributed by atoms with Crippen LogP contribution in [-0.2, 0) is 14.3 Å². The van der Waals surface area contributed by atoms with Crippen LogP contribution in [0.15, 0.2) is 12.2 Å². The monoisotopic (exact) mass is 264 g/mol. The van der Waals surface area contributed by atoms with Gasteiger partial charge in [-0.05, 0) is 18.8 Å². The lowest BCUT2D eigenvalue weighted by Gasteiger charge is -2.64. The van der Waals surface area contributed by atoms with Crippen LogP contribution in [-0.4, -0.2) is 24.8 Å². The topological polar surface area (TPSA) is 35.5 Å². The number of ketones is 1. The molecule has 0 aromatic carbocycles. The van der Waals surface area contributed by atoms with E-state index in [-0.39, 0.29) is 29.1 Å². The van der Waals surface area contributed by atoms with Crippen molar-refractivity contribution in [3.8, 4) is 0 Å². The van der Waals surface area contributed by atoms with Crippen molar-refractivity contribution in [2.24, 2.45) is 23.2 Å². The summed E-state index contributed by atoms with van der Waals surface area (Å²) in [6, 6.07) is 0. The number of methoxy groups -OCH3 is 1. The molecule has 2 fully saturated rings. The number of Topliss-reactive ketones (excluding diaryl/α,β-unsaturated/α-hetero) is 1. The molecule has 1 saturated carbocycles. The molecule has 3 nitrogen and oxygen atoms in total. The van der Waals surface area contributed by atoms with Gasteiger partial charge in [0.25, 0.3) is 0 Å². The van der Waals surface area contributed by atoms with Crippen LogP contribution < -0.4 is 0 Å². The summed E-state index contributed by atoms with van der Waals surface area (Å²) in [4.78, 5) is 12.5. The van der Waals surface area contributed by atoms with Gasteiger partial charge in [0.2, 0.25) is 0 Å². The second-order valence-corrected chi connectivity index (χ2v) is 6.74. The van der Waals surface area contributed by atoms with Crippen molar-refractivity contribution in [2.45, 2.75) is 51.9 Å². The number of carbonyl (C=O) groups excluding carboxylic acids is 1. The molecule has 0 aromatic rings. The third kappa shape index (κ3) is 1.49. The third-order valence-corrected chi connectivity index (χ3v) is 6.06. The van der Waals surface area contributed by atoms with Crippen molar-refractivity contribution in [3.05, 3.63) is 12.2 Å². The van der Waals surface area contributed by atoms with Gasteiger partial charge in [0, 0.05) is 30.8 Å². The smallest absolute Gasteiger partial charge is 0.161 e. The van der Waals surface area contributed by atoms with Gasteiger partial charge in [0.15, 0.2) is 6.29 Å². The molecule has 1 aliphatic heterocycles. The van der Waals surface area contributed by atoms with Crippen molar-refractivity contribution < 1.29 is 14.3 Å². The molecule has 0 spiro atoms. The highest BCUT2D eigenvalue weighted by atomic mass is 16.7. The minimum absolute atomic E-state index is 0.0555. The van der Waals surface area contributed by atoms with E-state index in [1.165, 1.54) is 0 Å². The first kappa shape index (κ1) is 13.3. The predicted octanol–water partition coefficient (Wildman–Crippen LogP) is 2.95. The highest BCUT2D eigenvalue weighted by Gasteiger charge is 2.66. The fourth-order valence-corrected chi connectivity index (χ4v) is 4.82. The van der Waals surface area contributed by atoms with Gasteiger partial charge in [-0.3, -0.25) is 4.79 Å². The Hall–Kier alpha value is -0.670. The Morgan fingerprint density at radius 3 is 2.84 bits per heavy atom. The molecule has 0 radical (unpaired) electrons. The average molecular weight is 264 g/mol. The maximum atomic E-state index is 12.5. The molecule has 6 atom stereocenters. The standard InChI is InChI=1S/C16H24O3/c1-10-6-5-8-16-9-7-12(17)13(15(10,16)3)11(2)14(18-4)19-16/h5,8,10-11,13-14H,6-7,9H2,1-4H3/t10-,11-,13+,14-,15-,16+/m0/s1. The number of hydrogen-bond acceptors (Lipinski definition) is 3. The Labute approximate surface area is 115 Å². The van der Waals surface area contributed by atoms with Crippen molar-refractivity contribution in [3.63, 3.8) is 0 Å². The lowest BCUT2D eigenvalue weighted by molar-refractivity contribution is -0.313. The van der Waals surface area contributed by atoms with Crippen molar-refractivity contribution in [1.82, 2.24) is 0 Å². The number of rotatable bonds is 1. The zero-order valence-corrected chi connectivity index (χ0v) is 12.3. The van der Waals surface area contributed by atoms with Crippen LogP contribution in [0.5, 0.6) is 0 Å². The molecule has 19 heavy (non-hydrogen) atoms. The van der Waals surface area contributed by atoms with E-state index in [2.05, 4.69) is 32.9 Å². The molecule has 3 rings (SSSR count). The third-order valence-electron chi connectivity index (χ3n) is 6.06. The molecule has 3 heteroatoms. The van der Waals surface area contributed by atoms with Crippen molar-refractivity contribution in [2.75, 3.05) is 7.11 Å². The Balaban J connectivity index is 2.15. The average Bonchev–Trinajstić information content (AvgIpc) is 2.37. The molecule has 1 heterocycles. The van der Waals surface area contributed by atoms with Gasteiger partial charge < -0.3 is 9.47 Å². The van der Waals surface area contributed by atoms with E-state index in [0.717, 1.165) is 12.8 Å². The molecule has 1 saturated heterocycles. The second-order valence-electron chi connectivity index (χ2n) is 6.74. The fraction of sp³-hybridized carbons (Fsp3) is 0.812. The molecular weight excluding hydrogens is 240 g/mol. The number of hydrogen-bond donors (Lipinski definition) is 0. The SMILES string of the molecule is CO[C@H]1O[C@@]23C=CC[C@H](C)[C@@]2(C)[C@@H](C(=O)CC3)[C@@H]1C. The summed E-state index contributed by atoms with van der Waals surface area (Å²) in [6.45, 7) is 6.61. The van der Waals surface area contributed by atoms with Gasteiger partial charge >= 0.3 is 0 Å². The maximum Gasteiger partial charge on any atom is 0.161 e. The summed E-state index contributed by atoms with van der Waals surface area (Å²) < 4.78 is 11.9. The Morgan fingerprint density at radius 1 is 1.42 bits per heavy atom. The Kier molecular flexibility index (Phi) is 2.92. The first-order valence-electron chi connectivity index (χ1n) is 7.37. The number of carbonyl (C=O) groups is 1. The lowest BCUT2D eigenvalue weighted by Crippen LogP contribution is -2.68. The van der Waals surface area contributed by atoms with Crippen LogP contribution in [0.25, 0.3) is 0 Å². The Bertz CT molecular complexity index is 430. The van der Waals surface area contributed by atoms with Crippen LogP contribution in [0.2, 0.25) is 0 Å². The fourth-order valence-electron chi connectivity index (χ4n) is 4.82. The molecule has 2 aliphatic carbocycles. The molecule has 0 unspecified atom stereocenters. The molecule has 0 aromatic heterocycles. The van der Waals surface area contributed by atoms with Crippen molar-refractivity contribution in [1.29, 1.82) is 0 Å². The number of ether oxygens (including phenoxy) is 2. The van der Waals surface area contributed by atoms with E-state index in [9.17, 15) is 4.79 Å². The molecule has 2 bridgehead atoms. The molecular formula is C16H24O3. The lowest BCUT2D eigenvalue weighted by atomic mass is 9.47. The van der Waals surface area contributed by atoms with Crippen LogP contribution in [0.3, 0.4) is 0 Å². The molecule has 0 N–H and O–H groups in total. The summed E-state index contributed by atoms with van der Waals surface area (Å²) in [5.41, 5.74) is -0.401. The minimum atomic E-state index is -0.309. The zero-order valence-electron chi connectivity index (χ0n) is 12.3. The summed E-state index contributed by atoms with van der Waals surface area (Å²) >= 11 is 0. The minimum Gasteiger partial charge on any atom is -0.356 e. The number of allylic oxidation sites excluding steroid dienone is 1. The van der Waals surface area contributed by atoms with Crippen LogP contribution in [0.4, 0.5) is 0 Å². The highest BCUT2D eigenvalue weighted by molar-refractivity contribution is 5.84. The first-order valence-corrected chi connectivity index (χ1v) is 7.37. The van der Waals surface area contributed by atoms with Gasteiger partial charge in [-0.15, -0.1) is 0 Å². The normalized spacial score (nSPS) is 52.9. The summed E-state index contributed by atoms with van der Waals surface area (Å²) in [7, 11) is 1.68. The molecule has 0 amide bonds. The zero-order chi connectivity index (χ0) is 13.8.